The van der Waals surface area contributed by atoms with Gasteiger partial charge in [-0.25, -0.2) is 19.4 Å². The van der Waals surface area contributed by atoms with Gasteiger partial charge in [-0.2, -0.15) is 0 Å². The van der Waals surface area contributed by atoms with E-state index in [-0.39, 0.29) is 40.4 Å². The number of aromatic carboxylic acids is 1. The number of carboxylic acids is 1. The highest BCUT2D eigenvalue weighted by molar-refractivity contribution is 9.10. The summed E-state index contributed by atoms with van der Waals surface area (Å²) >= 11 is 6.62. The van der Waals surface area contributed by atoms with Crippen LogP contribution in [0.25, 0.3) is 10.9 Å². The van der Waals surface area contributed by atoms with Crippen molar-refractivity contribution >= 4 is 72.5 Å². The smallest absolute Gasteiger partial charge is 0.410 e. The van der Waals surface area contributed by atoms with Gasteiger partial charge in [0, 0.05) is 40.7 Å². The number of benzene rings is 2. The first kappa shape index (κ1) is 43.0. The van der Waals surface area contributed by atoms with Gasteiger partial charge < -0.3 is 35.4 Å². The topological polar surface area (TPSA) is 186 Å². The van der Waals surface area contributed by atoms with Crippen molar-refractivity contribution < 1.29 is 33.8 Å². The molecule has 4 N–H and O–H groups in total. The second-order valence-corrected chi connectivity index (χ2v) is 18.7. The lowest BCUT2D eigenvalue weighted by atomic mass is 9.85. The number of nitrogens with one attached hydrogen (secondary N) is 1. The van der Waals surface area contributed by atoms with E-state index in [1.807, 2.05) is 58.6 Å². The maximum absolute atomic E-state index is 13.0. The number of piperidine rings is 2. The van der Waals surface area contributed by atoms with Crippen molar-refractivity contribution in [3.63, 3.8) is 0 Å². The van der Waals surface area contributed by atoms with Crippen LogP contribution in [-0.4, -0.2) is 90.4 Å². The van der Waals surface area contributed by atoms with E-state index < -0.39 is 22.7 Å². The number of hydrogen-bond acceptors (Lipinski definition) is 9. The number of rotatable bonds is 1. The van der Waals surface area contributed by atoms with Crippen molar-refractivity contribution in [3.8, 4) is 0 Å². The SMILES string of the molecule is CC(C)(C)OC(=O)N1CCCCC12CNC(=O)C2.CC(C)(C)OC(=O)N1CCCCC12Cc1nc3cc(Br)ccc3c(=O)n1C2.Nc1cc(Br)ccc1C(=O)O. The van der Waals surface area contributed by atoms with E-state index in [9.17, 15) is 24.0 Å². The Balaban J connectivity index is 0.000000178. The summed E-state index contributed by atoms with van der Waals surface area (Å²) in [7, 11) is 0. The highest BCUT2D eigenvalue weighted by Gasteiger charge is 2.49. The van der Waals surface area contributed by atoms with Gasteiger partial charge in [-0.05, 0) is 116 Å². The molecule has 7 rings (SSSR count). The van der Waals surface area contributed by atoms with E-state index in [4.69, 9.17) is 25.3 Å². The Hall–Kier alpha value is -4.18. The van der Waals surface area contributed by atoms with Gasteiger partial charge in [0.1, 0.15) is 17.0 Å². The predicted octanol–water partition coefficient (Wildman–Crippen LogP) is 7.27. The average molecular weight is 905 g/mol. The van der Waals surface area contributed by atoms with Gasteiger partial charge in [0.05, 0.1) is 40.5 Å². The number of carbonyl (C=O) groups is 4. The number of likely N-dealkylation sites (tertiary alicyclic amines) is 2. The zero-order chi connectivity index (χ0) is 41.2. The number of halogens is 2. The normalized spacial score (nSPS) is 21.8. The molecule has 2 unspecified atom stereocenters. The molecule has 0 saturated carbocycles. The molecule has 14 nitrogen and oxygen atoms in total. The predicted molar refractivity (Wildman–Crippen MR) is 220 cm³/mol. The monoisotopic (exact) mass is 902 g/mol. The summed E-state index contributed by atoms with van der Waals surface area (Å²) in [6.07, 6.45) is 6.18. The van der Waals surface area contributed by atoms with Crippen LogP contribution in [0.15, 0.2) is 50.1 Å². The lowest BCUT2D eigenvalue weighted by molar-refractivity contribution is -0.120. The zero-order valence-electron chi connectivity index (χ0n) is 32.9. The number of amides is 3. The molecule has 2 spiro atoms. The highest BCUT2D eigenvalue weighted by Crippen LogP contribution is 2.38. The minimum Gasteiger partial charge on any atom is -0.478 e. The highest BCUT2D eigenvalue weighted by atomic mass is 79.9. The molecule has 3 saturated heterocycles. The van der Waals surface area contributed by atoms with Gasteiger partial charge in [-0.3, -0.25) is 14.2 Å². The lowest BCUT2D eigenvalue weighted by Gasteiger charge is -2.44. The number of carbonyl (C=O) groups excluding carboxylic acids is 3. The standard InChI is InChI=1S/C20H24BrN3O3.C13H22N2O3.C7H6BrNO2/c1-19(2,3)27-18(26)24-9-5-4-8-20(24)11-16-22-15-10-13(21)6-7-14(15)17(25)23(16)12-20;1-12(2,3)18-11(17)15-7-5-4-6-13(15)8-10(16)14-9-13;8-4-1-2-5(7(10)11)6(9)3-4/h6-7,10H,4-5,8-9,11-12H2,1-3H3;4-9H2,1-3H3,(H,14,16);1-3H,9H2,(H,10,11). The van der Waals surface area contributed by atoms with Crippen molar-refractivity contribution in [2.75, 3.05) is 25.4 Å². The first-order valence-corrected chi connectivity index (χ1v) is 20.5. The Kier molecular flexibility index (Phi) is 12.8. The largest absolute Gasteiger partial charge is 0.478 e. The van der Waals surface area contributed by atoms with Crippen LogP contribution in [-0.2, 0) is 27.2 Å². The van der Waals surface area contributed by atoms with Crippen molar-refractivity contribution in [2.24, 2.45) is 0 Å². The van der Waals surface area contributed by atoms with Crippen LogP contribution in [0.5, 0.6) is 0 Å². The summed E-state index contributed by atoms with van der Waals surface area (Å²) in [5, 5.41) is 12.0. The van der Waals surface area contributed by atoms with Crippen molar-refractivity contribution in [2.45, 2.75) is 122 Å². The van der Waals surface area contributed by atoms with E-state index in [0.29, 0.717) is 49.9 Å². The van der Waals surface area contributed by atoms with Crippen LogP contribution < -0.4 is 16.6 Å². The number of nitrogens with zero attached hydrogens (tertiary/aromatic N) is 4. The second-order valence-electron chi connectivity index (χ2n) is 16.9. The van der Waals surface area contributed by atoms with Crippen LogP contribution >= 0.6 is 31.9 Å². The summed E-state index contributed by atoms with van der Waals surface area (Å²) in [6, 6.07) is 10.2. The van der Waals surface area contributed by atoms with Crippen LogP contribution in [0.2, 0.25) is 0 Å². The zero-order valence-corrected chi connectivity index (χ0v) is 36.0. The summed E-state index contributed by atoms with van der Waals surface area (Å²) in [6.45, 7) is 13.6. The fourth-order valence-electron chi connectivity index (χ4n) is 7.71. The molecule has 3 fully saturated rings. The summed E-state index contributed by atoms with van der Waals surface area (Å²) in [5.41, 5.74) is 4.66. The molecular weight excluding hydrogens is 852 g/mol. The van der Waals surface area contributed by atoms with Crippen LogP contribution in [0.4, 0.5) is 15.3 Å². The van der Waals surface area contributed by atoms with E-state index >= 15 is 0 Å². The third-order valence-electron chi connectivity index (χ3n) is 10.2. The quantitative estimate of drug-likeness (QED) is 0.210. The molecule has 0 radical (unpaired) electrons. The van der Waals surface area contributed by atoms with Gasteiger partial charge in [0.2, 0.25) is 5.91 Å². The molecule has 56 heavy (non-hydrogen) atoms. The van der Waals surface area contributed by atoms with Crippen LogP contribution in [0.3, 0.4) is 0 Å². The van der Waals surface area contributed by atoms with Gasteiger partial charge in [0.25, 0.3) is 5.56 Å². The second kappa shape index (κ2) is 16.7. The van der Waals surface area contributed by atoms with E-state index in [2.05, 4.69) is 37.2 Å². The van der Waals surface area contributed by atoms with Crippen LogP contribution in [0, 0.1) is 0 Å². The Morgan fingerprint density at radius 3 is 1.91 bits per heavy atom. The Labute approximate surface area is 343 Å². The van der Waals surface area contributed by atoms with E-state index in [1.165, 1.54) is 6.07 Å². The van der Waals surface area contributed by atoms with E-state index in [0.717, 1.165) is 53.3 Å². The number of aromatic nitrogens is 2. The molecule has 1 aromatic heterocycles. The maximum atomic E-state index is 13.0. The average Bonchev–Trinajstić information content (AvgIpc) is 3.63. The minimum atomic E-state index is -1.00. The first-order valence-electron chi connectivity index (χ1n) is 18.9. The summed E-state index contributed by atoms with van der Waals surface area (Å²) in [4.78, 5) is 68.4. The number of ether oxygens (including phenoxy) is 2. The van der Waals surface area contributed by atoms with Gasteiger partial charge in [-0.1, -0.05) is 31.9 Å². The molecule has 2 atom stereocenters. The van der Waals surface area contributed by atoms with Gasteiger partial charge in [0.15, 0.2) is 0 Å². The molecule has 0 aliphatic carbocycles. The van der Waals surface area contributed by atoms with E-state index in [1.54, 1.807) is 27.7 Å². The number of nitrogens with two attached hydrogens (primary N) is 1. The number of carboxylic acid groups (broad SMARTS) is 1. The van der Waals surface area contributed by atoms with Gasteiger partial charge >= 0.3 is 18.2 Å². The Morgan fingerprint density at radius 1 is 0.821 bits per heavy atom. The molecule has 304 valence electrons. The molecule has 0 bridgehead atoms. The molecule has 2 aromatic carbocycles. The minimum absolute atomic E-state index is 0.0328. The molecule has 4 aliphatic rings. The van der Waals surface area contributed by atoms with Crippen molar-refractivity contribution in [1.82, 2.24) is 24.7 Å². The molecule has 3 amide bonds. The van der Waals surface area contributed by atoms with Crippen molar-refractivity contribution in [3.05, 3.63) is 67.1 Å². The third-order valence-corrected chi connectivity index (χ3v) is 11.2. The number of nitrogen functional groups attached to an aromatic ring is 1. The third kappa shape index (κ3) is 10.0. The molecule has 3 aromatic rings. The fourth-order valence-corrected chi connectivity index (χ4v) is 8.44. The first-order chi connectivity index (χ1) is 26.1. The fraction of sp³-hybridized carbons (Fsp3) is 0.550. The number of anilines is 1. The molecule has 16 heteroatoms. The van der Waals surface area contributed by atoms with Crippen molar-refractivity contribution in [1.29, 1.82) is 0 Å². The summed E-state index contributed by atoms with van der Waals surface area (Å²) < 4.78 is 14.5. The number of hydrogen-bond donors (Lipinski definition) is 3. The summed E-state index contributed by atoms with van der Waals surface area (Å²) in [5.74, 6) is -0.221. The molecule has 5 heterocycles. The lowest BCUT2D eigenvalue weighted by Crippen LogP contribution is -2.57. The Morgan fingerprint density at radius 2 is 1.38 bits per heavy atom. The number of fused-ring (bicyclic) bond motifs is 2. The van der Waals surface area contributed by atoms with Gasteiger partial charge in [-0.15, -0.1) is 0 Å². The van der Waals surface area contributed by atoms with Crippen LogP contribution in [0.1, 0.15) is 103 Å². The molecular formula is C40H52Br2N6O8. The molecule has 4 aliphatic heterocycles. The maximum Gasteiger partial charge on any atom is 0.410 e. The Bertz CT molecular complexity index is 2060.